The quantitative estimate of drug-likeness (QED) is 0.390. The van der Waals surface area contributed by atoms with Crippen LogP contribution >= 0.6 is 11.8 Å². The number of benzene rings is 2. The van der Waals surface area contributed by atoms with Gasteiger partial charge in [-0.05, 0) is 42.7 Å². The van der Waals surface area contributed by atoms with Gasteiger partial charge in [0.25, 0.3) is 0 Å². The maximum Gasteiger partial charge on any atom is 0.162 e. The number of hydrogen-bond acceptors (Lipinski definition) is 4. The summed E-state index contributed by atoms with van der Waals surface area (Å²) in [5, 5.41) is 3.21. The van der Waals surface area contributed by atoms with Gasteiger partial charge in [-0.25, -0.2) is 0 Å². The van der Waals surface area contributed by atoms with Crippen molar-refractivity contribution in [2.45, 2.75) is 55.4 Å². The number of ketones is 1. The molecule has 0 bridgehead atoms. The van der Waals surface area contributed by atoms with Crippen LogP contribution in [0.2, 0.25) is 0 Å². The Kier molecular flexibility index (Phi) is 7.19. The van der Waals surface area contributed by atoms with Crippen molar-refractivity contribution >= 4 is 17.5 Å². The first-order valence-corrected chi connectivity index (χ1v) is 9.23. The number of nitroso groups, excluding NO2 is 1. The van der Waals surface area contributed by atoms with Crippen LogP contribution in [0.15, 0.2) is 63.5 Å². The third-order valence-corrected chi connectivity index (χ3v) is 4.86. The second kappa shape index (κ2) is 9.38. The first kappa shape index (κ1) is 18.4. The summed E-state index contributed by atoms with van der Waals surface area (Å²) in [5.41, 5.74) is 1.74. The van der Waals surface area contributed by atoms with E-state index in [1.54, 1.807) is 11.8 Å². The van der Waals surface area contributed by atoms with Gasteiger partial charge in [-0.1, -0.05) is 61.5 Å². The summed E-state index contributed by atoms with van der Waals surface area (Å²) in [5.74, 6) is 0.196. The molecule has 0 saturated heterocycles. The standard InChI is InChI=1S/C20H23NO2S/c1-3-5-19(21-23)15-7-11-17(12-8-15)24-18-13-9-16(10-14-18)20(22)6-4-2/h7-14,19H,3-6H2,1-2H3. The minimum absolute atomic E-state index is 0.196. The fraction of sp³-hybridized carbons (Fsp3) is 0.350. The lowest BCUT2D eigenvalue weighted by Gasteiger charge is -2.09. The monoisotopic (exact) mass is 341 g/mol. The van der Waals surface area contributed by atoms with Crippen molar-refractivity contribution in [2.75, 3.05) is 0 Å². The molecule has 2 aromatic rings. The highest BCUT2D eigenvalue weighted by Gasteiger charge is 2.10. The zero-order valence-electron chi connectivity index (χ0n) is 14.2. The minimum Gasteiger partial charge on any atom is -0.294 e. The Morgan fingerprint density at radius 3 is 2.04 bits per heavy atom. The van der Waals surface area contributed by atoms with E-state index in [1.165, 1.54) is 0 Å². The Bertz CT molecular complexity index is 665. The van der Waals surface area contributed by atoms with Gasteiger partial charge in [0.15, 0.2) is 5.78 Å². The summed E-state index contributed by atoms with van der Waals surface area (Å²) in [6, 6.07) is 15.5. The van der Waals surface area contributed by atoms with E-state index in [0.29, 0.717) is 6.42 Å². The molecule has 1 atom stereocenters. The Morgan fingerprint density at radius 1 is 0.958 bits per heavy atom. The number of carbonyl (C=O) groups is 1. The van der Waals surface area contributed by atoms with Crippen LogP contribution in [0, 0.1) is 4.91 Å². The van der Waals surface area contributed by atoms with E-state index in [2.05, 4.69) is 12.1 Å². The van der Waals surface area contributed by atoms with E-state index < -0.39 is 0 Å². The lowest BCUT2D eigenvalue weighted by Crippen LogP contribution is -1.97. The molecule has 0 radical (unpaired) electrons. The number of hydrogen-bond donors (Lipinski definition) is 0. The average molecular weight is 341 g/mol. The summed E-state index contributed by atoms with van der Waals surface area (Å²) in [4.78, 5) is 25.0. The molecular formula is C20H23NO2S. The Morgan fingerprint density at radius 2 is 1.54 bits per heavy atom. The number of nitrogens with zero attached hydrogens (tertiary/aromatic N) is 1. The Labute approximate surface area is 147 Å². The van der Waals surface area contributed by atoms with Crippen molar-refractivity contribution < 1.29 is 4.79 Å². The minimum atomic E-state index is -0.252. The van der Waals surface area contributed by atoms with Gasteiger partial charge in [0.05, 0.1) is 0 Å². The third kappa shape index (κ3) is 5.03. The first-order chi connectivity index (χ1) is 11.7. The third-order valence-electron chi connectivity index (χ3n) is 3.84. The largest absolute Gasteiger partial charge is 0.294 e. The van der Waals surface area contributed by atoms with Gasteiger partial charge in [0.2, 0.25) is 0 Å². The van der Waals surface area contributed by atoms with E-state index in [0.717, 1.165) is 40.2 Å². The highest BCUT2D eigenvalue weighted by Crippen LogP contribution is 2.30. The van der Waals surface area contributed by atoms with Gasteiger partial charge in [0, 0.05) is 21.8 Å². The molecule has 0 N–H and O–H groups in total. The van der Waals surface area contributed by atoms with Crippen LogP contribution in [0.3, 0.4) is 0 Å². The van der Waals surface area contributed by atoms with Crippen LogP contribution in [0.25, 0.3) is 0 Å². The van der Waals surface area contributed by atoms with Crippen molar-refractivity contribution in [1.29, 1.82) is 0 Å². The van der Waals surface area contributed by atoms with Crippen molar-refractivity contribution in [3.63, 3.8) is 0 Å². The summed E-state index contributed by atoms with van der Waals surface area (Å²) in [6.45, 7) is 4.06. The van der Waals surface area contributed by atoms with Crippen LogP contribution in [0.5, 0.6) is 0 Å². The van der Waals surface area contributed by atoms with Crippen molar-refractivity contribution in [3.05, 3.63) is 64.6 Å². The normalized spacial score (nSPS) is 11.9. The van der Waals surface area contributed by atoms with Gasteiger partial charge in [0.1, 0.15) is 6.04 Å². The maximum atomic E-state index is 11.9. The van der Waals surface area contributed by atoms with Crippen molar-refractivity contribution in [1.82, 2.24) is 0 Å². The summed E-state index contributed by atoms with van der Waals surface area (Å²) in [6.07, 6.45) is 3.19. The van der Waals surface area contributed by atoms with E-state index in [1.807, 2.05) is 55.5 Å². The second-order valence-electron chi connectivity index (χ2n) is 5.78. The molecule has 0 fully saturated rings. The highest BCUT2D eigenvalue weighted by atomic mass is 32.2. The molecule has 1 unspecified atom stereocenters. The average Bonchev–Trinajstić information content (AvgIpc) is 2.61. The summed E-state index contributed by atoms with van der Waals surface area (Å²) < 4.78 is 0. The lowest BCUT2D eigenvalue weighted by atomic mass is 10.0. The van der Waals surface area contributed by atoms with Crippen LogP contribution in [-0.2, 0) is 0 Å². The van der Waals surface area contributed by atoms with Crippen molar-refractivity contribution in [2.24, 2.45) is 5.18 Å². The molecule has 2 rings (SSSR count). The smallest absolute Gasteiger partial charge is 0.162 e. The molecular weight excluding hydrogens is 318 g/mol. The molecule has 126 valence electrons. The molecule has 0 aliphatic heterocycles. The lowest BCUT2D eigenvalue weighted by molar-refractivity contribution is 0.0981. The molecule has 2 aromatic carbocycles. The zero-order valence-corrected chi connectivity index (χ0v) is 15.0. The van der Waals surface area contributed by atoms with Gasteiger partial charge >= 0.3 is 0 Å². The molecule has 0 amide bonds. The van der Waals surface area contributed by atoms with E-state index in [-0.39, 0.29) is 11.8 Å². The Balaban J connectivity index is 2.03. The second-order valence-corrected chi connectivity index (χ2v) is 6.93. The molecule has 24 heavy (non-hydrogen) atoms. The SMILES string of the molecule is CCCC(=O)c1ccc(Sc2ccc(C(CCC)N=O)cc2)cc1. The summed E-state index contributed by atoms with van der Waals surface area (Å²) in [7, 11) is 0. The van der Waals surface area contributed by atoms with E-state index in [9.17, 15) is 9.70 Å². The van der Waals surface area contributed by atoms with Crippen molar-refractivity contribution in [3.8, 4) is 0 Å². The first-order valence-electron chi connectivity index (χ1n) is 8.41. The van der Waals surface area contributed by atoms with Crippen LogP contribution in [0.1, 0.15) is 61.5 Å². The molecule has 0 aliphatic carbocycles. The van der Waals surface area contributed by atoms with Gasteiger partial charge in [-0.3, -0.25) is 4.79 Å². The van der Waals surface area contributed by atoms with Crippen LogP contribution in [0.4, 0.5) is 0 Å². The highest BCUT2D eigenvalue weighted by molar-refractivity contribution is 7.99. The number of carbonyl (C=O) groups excluding carboxylic acids is 1. The number of rotatable bonds is 9. The molecule has 0 aromatic heterocycles. The van der Waals surface area contributed by atoms with E-state index >= 15 is 0 Å². The van der Waals surface area contributed by atoms with Gasteiger partial charge < -0.3 is 0 Å². The van der Waals surface area contributed by atoms with Crippen LogP contribution in [-0.4, -0.2) is 5.78 Å². The van der Waals surface area contributed by atoms with E-state index in [4.69, 9.17) is 0 Å². The number of Topliss-reactive ketones (excluding diaryl/α,β-unsaturated/α-hetero) is 1. The van der Waals surface area contributed by atoms with Crippen LogP contribution < -0.4 is 0 Å². The molecule has 0 spiro atoms. The zero-order chi connectivity index (χ0) is 17.4. The molecule has 0 saturated carbocycles. The van der Waals surface area contributed by atoms with Gasteiger partial charge in [-0.15, -0.1) is 0 Å². The predicted octanol–water partition coefficient (Wildman–Crippen LogP) is 6.43. The topological polar surface area (TPSA) is 46.5 Å². The molecule has 3 nitrogen and oxygen atoms in total. The predicted molar refractivity (Wildman–Crippen MR) is 99.7 cm³/mol. The molecule has 4 heteroatoms. The maximum absolute atomic E-state index is 11.9. The molecule has 0 heterocycles. The summed E-state index contributed by atoms with van der Waals surface area (Å²) >= 11 is 1.64. The fourth-order valence-electron chi connectivity index (χ4n) is 2.53. The van der Waals surface area contributed by atoms with Gasteiger partial charge in [-0.2, -0.15) is 4.91 Å². The Hall–Kier alpha value is -1.94. The fourth-order valence-corrected chi connectivity index (χ4v) is 3.34. The molecule has 0 aliphatic rings.